The molecule has 0 radical (unpaired) electrons. The van der Waals surface area contributed by atoms with Gasteiger partial charge in [-0.2, -0.15) is 0 Å². The number of hydrogen-bond donors (Lipinski definition) is 2. The Kier molecular flexibility index (Phi) is 6.24. The van der Waals surface area contributed by atoms with E-state index in [4.69, 9.17) is 9.47 Å². The maximum atomic E-state index is 11.5. The molecule has 0 bridgehead atoms. The molecule has 1 amide bonds. The fourth-order valence-electron chi connectivity index (χ4n) is 1.47. The molecule has 8 heteroatoms. The van der Waals surface area contributed by atoms with Crippen LogP contribution in [-0.2, 0) is 9.53 Å². The van der Waals surface area contributed by atoms with E-state index in [2.05, 4.69) is 10.6 Å². The van der Waals surface area contributed by atoms with E-state index < -0.39 is 4.92 Å². The summed E-state index contributed by atoms with van der Waals surface area (Å²) in [5, 5.41) is 16.3. The average Bonchev–Trinajstić information content (AvgIpc) is 2.45. The van der Waals surface area contributed by atoms with E-state index in [-0.39, 0.29) is 23.8 Å². The number of rotatable bonds is 8. The van der Waals surface area contributed by atoms with E-state index in [1.54, 1.807) is 6.07 Å². The second-order valence-electron chi connectivity index (χ2n) is 3.84. The third-order valence-electron chi connectivity index (χ3n) is 2.47. The molecule has 8 nitrogen and oxygen atoms in total. The molecule has 2 N–H and O–H groups in total. The number of carbonyl (C=O) groups is 1. The van der Waals surface area contributed by atoms with Crippen LogP contribution in [0.3, 0.4) is 0 Å². The molecule has 0 aromatic heterocycles. The molecule has 0 heterocycles. The molecule has 110 valence electrons. The minimum absolute atomic E-state index is 0.0586. The zero-order valence-corrected chi connectivity index (χ0v) is 11.3. The van der Waals surface area contributed by atoms with E-state index in [1.165, 1.54) is 26.4 Å². The van der Waals surface area contributed by atoms with Gasteiger partial charge in [-0.05, 0) is 12.1 Å². The zero-order chi connectivity index (χ0) is 15.0. The Hall–Kier alpha value is -2.35. The third-order valence-corrected chi connectivity index (χ3v) is 2.47. The quantitative estimate of drug-likeness (QED) is 0.415. The van der Waals surface area contributed by atoms with Crippen LogP contribution in [0.4, 0.5) is 11.4 Å². The topological polar surface area (TPSA) is 103 Å². The van der Waals surface area contributed by atoms with Crippen molar-refractivity contribution in [1.29, 1.82) is 0 Å². The molecule has 0 spiro atoms. The number of amides is 1. The van der Waals surface area contributed by atoms with Crippen molar-refractivity contribution in [2.45, 2.75) is 0 Å². The summed E-state index contributed by atoms with van der Waals surface area (Å²) in [6, 6.07) is 4.38. The number of nitrogens with zero attached hydrogens (tertiary/aromatic N) is 1. The summed E-state index contributed by atoms with van der Waals surface area (Å²) in [5.41, 5.74) is 0.117. The first-order valence-corrected chi connectivity index (χ1v) is 5.90. The maximum absolute atomic E-state index is 11.5. The highest BCUT2D eigenvalue weighted by molar-refractivity contribution is 5.81. The van der Waals surface area contributed by atoms with E-state index in [9.17, 15) is 14.9 Å². The van der Waals surface area contributed by atoms with Crippen LogP contribution in [-0.4, -0.2) is 44.7 Å². The number of nitro groups is 1. The Morgan fingerprint density at radius 3 is 2.75 bits per heavy atom. The van der Waals surface area contributed by atoms with Gasteiger partial charge in [0.15, 0.2) is 0 Å². The molecule has 0 unspecified atom stereocenters. The van der Waals surface area contributed by atoms with Crippen molar-refractivity contribution in [2.75, 3.05) is 39.2 Å². The van der Waals surface area contributed by atoms with Gasteiger partial charge in [0, 0.05) is 13.7 Å². The lowest BCUT2D eigenvalue weighted by Crippen LogP contribution is -2.32. The van der Waals surface area contributed by atoms with Crippen LogP contribution in [0, 0.1) is 10.1 Å². The first-order chi connectivity index (χ1) is 9.58. The molecule has 0 aliphatic heterocycles. The molecular formula is C12H17N3O5. The van der Waals surface area contributed by atoms with Crippen molar-refractivity contribution in [3.8, 4) is 5.75 Å². The van der Waals surface area contributed by atoms with Crippen molar-refractivity contribution < 1.29 is 19.2 Å². The number of methoxy groups -OCH3 is 2. The van der Waals surface area contributed by atoms with Crippen LogP contribution in [0.15, 0.2) is 18.2 Å². The van der Waals surface area contributed by atoms with Crippen LogP contribution < -0.4 is 15.4 Å². The van der Waals surface area contributed by atoms with E-state index in [0.29, 0.717) is 18.9 Å². The van der Waals surface area contributed by atoms with Crippen molar-refractivity contribution in [3.63, 3.8) is 0 Å². The van der Waals surface area contributed by atoms with Crippen LogP contribution in [0.25, 0.3) is 0 Å². The molecule has 0 aliphatic carbocycles. The lowest BCUT2D eigenvalue weighted by Gasteiger charge is -2.09. The number of hydrogen-bond acceptors (Lipinski definition) is 6. The van der Waals surface area contributed by atoms with Gasteiger partial charge in [-0.3, -0.25) is 14.9 Å². The van der Waals surface area contributed by atoms with Gasteiger partial charge in [-0.25, -0.2) is 0 Å². The minimum atomic E-state index is -0.534. The number of ether oxygens (including phenoxy) is 2. The van der Waals surface area contributed by atoms with Crippen LogP contribution in [0.2, 0.25) is 0 Å². The van der Waals surface area contributed by atoms with Gasteiger partial charge in [0.2, 0.25) is 5.91 Å². The van der Waals surface area contributed by atoms with Crippen molar-refractivity contribution in [2.24, 2.45) is 0 Å². The molecule has 0 fully saturated rings. The lowest BCUT2D eigenvalue weighted by atomic mass is 10.2. The molecule has 1 rings (SSSR count). The number of benzene rings is 1. The van der Waals surface area contributed by atoms with E-state index in [0.717, 1.165) is 0 Å². The van der Waals surface area contributed by atoms with Crippen LogP contribution in [0.5, 0.6) is 5.75 Å². The molecular weight excluding hydrogens is 266 g/mol. The summed E-state index contributed by atoms with van der Waals surface area (Å²) in [6.07, 6.45) is 0. The number of nitrogens with one attached hydrogen (secondary N) is 2. The van der Waals surface area contributed by atoms with Crippen molar-refractivity contribution in [3.05, 3.63) is 28.3 Å². The summed E-state index contributed by atoms with van der Waals surface area (Å²) in [5.74, 6) is 0.110. The van der Waals surface area contributed by atoms with Gasteiger partial charge >= 0.3 is 0 Å². The summed E-state index contributed by atoms with van der Waals surface area (Å²) in [6.45, 7) is 0.743. The van der Waals surface area contributed by atoms with Gasteiger partial charge in [0.05, 0.1) is 31.3 Å². The smallest absolute Gasteiger partial charge is 0.296 e. The highest BCUT2D eigenvalue weighted by atomic mass is 16.6. The normalized spacial score (nSPS) is 9.90. The molecule has 0 atom stereocenters. The molecule has 1 aromatic carbocycles. The summed E-state index contributed by atoms with van der Waals surface area (Å²) in [7, 11) is 2.96. The predicted octanol–water partition coefficient (Wildman–Crippen LogP) is 0.778. The first kappa shape index (κ1) is 15.7. The fourth-order valence-corrected chi connectivity index (χ4v) is 1.47. The molecule has 0 saturated heterocycles. The van der Waals surface area contributed by atoms with Gasteiger partial charge in [0.1, 0.15) is 11.4 Å². The lowest BCUT2D eigenvalue weighted by molar-refractivity contribution is -0.384. The first-order valence-electron chi connectivity index (χ1n) is 5.90. The SMILES string of the molecule is COCCNC(=O)CNc1ccc(OC)cc1[N+](=O)[O-]. The Morgan fingerprint density at radius 1 is 1.40 bits per heavy atom. The van der Waals surface area contributed by atoms with Gasteiger partial charge in [-0.15, -0.1) is 0 Å². The highest BCUT2D eigenvalue weighted by Gasteiger charge is 2.15. The number of anilines is 1. The van der Waals surface area contributed by atoms with Crippen LogP contribution >= 0.6 is 0 Å². The second kappa shape index (κ2) is 7.95. The molecule has 1 aromatic rings. The summed E-state index contributed by atoms with van der Waals surface area (Å²) >= 11 is 0. The third kappa shape index (κ3) is 4.73. The predicted molar refractivity (Wildman–Crippen MR) is 73.0 cm³/mol. The van der Waals surface area contributed by atoms with Crippen molar-refractivity contribution in [1.82, 2.24) is 5.32 Å². The molecule has 20 heavy (non-hydrogen) atoms. The zero-order valence-electron chi connectivity index (χ0n) is 11.3. The second-order valence-corrected chi connectivity index (χ2v) is 3.84. The van der Waals surface area contributed by atoms with E-state index >= 15 is 0 Å². The Balaban J connectivity index is 2.63. The van der Waals surface area contributed by atoms with E-state index in [1.807, 2.05) is 0 Å². The average molecular weight is 283 g/mol. The largest absolute Gasteiger partial charge is 0.496 e. The summed E-state index contributed by atoms with van der Waals surface area (Å²) < 4.78 is 9.72. The van der Waals surface area contributed by atoms with Gasteiger partial charge in [0.25, 0.3) is 5.69 Å². The monoisotopic (exact) mass is 283 g/mol. The number of carbonyl (C=O) groups excluding carboxylic acids is 1. The maximum Gasteiger partial charge on any atom is 0.296 e. The highest BCUT2D eigenvalue weighted by Crippen LogP contribution is 2.28. The van der Waals surface area contributed by atoms with Gasteiger partial charge in [-0.1, -0.05) is 0 Å². The Morgan fingerprint density at radius 2 is 2.15 bits per heavy atom. The standard InChI is InChI=1S/C12H17N3O5/c1-19-6-5-13-12(16)8-14-10-4-3-9(20-2)7-11(10)15(17)18/h3-4,7,14H,5-6,8H2,1-2H3,(H,13,16). The van der Waals surface area contributed by atoms with Crippen molar-refractivity contribution >= 4 is 17.3 Å². The Labute approximate surface area is 116 Å². The van der Waals surface area contributed by atoms with Crippen LogP contribution in [0.1, 0.15) is 0 Å². The van der Waals surface area contributed by atoms with Gasteiger partial charge < -0.3 is 20.1 Å². The molecule has 0 aliphatic rings. The Bertz CT molecular complexity index is 478. The minimum Gasteiger partial charge on any atom is -0.496 e. The summed E-state index contributed by atoms with van der Waals surface area (Å²) in [4.78, 5) is 21.9. The molecule has 0 saturated carbocycles. The number of nitro benzene ring substituents is 1. The fraction of sp³-hybridized carbons (Fsp3) is 0.417.